The molecule has 0 aliphatic heterocycles. The molecule has 1 aromatic heterocycles. The fourth-order valence-electron chi connectivity index (χ4n) is 2.70. The maximum Gasteiger partial charge on any atom is 0.333 e. The van der Waals surface area contributed by atoms with E-state index in [4.69, 9.17) is 4.74 Å². The molecule has 0 saturated carbocycles. The smallest absolute Gasteiger partial charge is 0.333 e. The average molecular weight is 294 g/mol. The number of rotatable bonds is 4. The third-order valence-corrected chi connectivity index (χ3v) is 3.66. The lowest BCUT2D eigenvalue weighted by Crippen LogP contribution is -2.22. The normalized spacial score (nSPS) is 12.3. The minimum atomic E-state index is -0.521. The number of fused-ring (bicyclic) bond motifs is 1. The third-order valence-electron chi connectivity index (χ3n) is 3.66. The molecule has 0 radical (unpaired) electrons. The molecule has 0 aliphatic rings. The lowest BCUT2D eigenvalue weighted by molar-refractivity contribution is -0.145. The van der Waals surface area contributed by atoms with Gasteiger partial charge in [0.1, 0.15) is 0 Å². The summed E-state index contributed by atoms with van der Waals surface area (Å²) in [6.07, 6.45) is 3.54. The Morgan fingerprint density at radius 1 is 1.23 bits per heavy atom. The van der Waals surface area contributed by atoms with E-state index in [0.29, 0.717) is 6.61 Å². The minimum Gasteiger partial charge on any atom is -0.464 e. The van der Waals surface area contributed by atoms with E-state index in [2.05, 4.69) is 4.98 Å². The summed E-state index contributed by atoms with van der Waals surface area (Å²) in [6.45, 7) is 4.08. The van der Waals surface area contributed by atoms with Crippen molar-refractivity contribution in [2.24, 2.45) is 0 Å². The number of esters is 1. The SMILES string of the molecule is CCOC(=O)C(c1cccc2ccccc12)n1cnc(C)c1. The zero-order valence-electron chi connectivity index (χ0n) is 12.7. The summed E-state index contributed by atoms with van der Waals surface area (Å²) in [5.41, 5.74) is 1.79. The first-order valence-electron chi connectivity index (χ1n) is 7.35. The lowest BCUT2D eigenvalue weighted by Gasteiger charge is -2.19. The summed E-state index contributed by atoms with van der Waals surface area (Å²) < 4.78 is 7.10. The van der Waals surface area contributed by atoms with Gasteiger partial charge in [0.2, 0.25) is 0 Å². The fraction of sp³-hybridized carbons (Fsp3) is 0.222. The number of ether oxygens (including phenoxy) is 1. The van der Waals surface area contributed by atoms with Gasteiger partial charge in [-0.15, -0.1) is 0 Å². The number of imidazole rings is 1. The quantitative estimate of drug-likeness (QED) is 0.692. The Kier molecular flexibility index (Phi) is 3.92. The maximum absolute atomic E-state index is 12.5. The van der Waals surface area contributed by atoms with E-state index >= 15 is 0 Å². The van der Waals surface area contributed by atoms with Crippen LogP contribution in [0.3, 0.4) is 0 Å². The van der Waals surface area contributed by atoms with Gasteiger partial charge in [-0.25, -0.2) is 9.78 Å². The van der Waals surface area contributed by atoms with Crippen molar-refractivity contribution < 1.29 is 9.53 Å². The predicted molar refractivity (Wildman–Crippen MR) is 85.7 cm³/mol. The molecule has 4 heteroatoms. The van der Waals surface area contributed by atoms with Gasteiger partial charge in [0.05, 0.1) is 18.6 Å². The zero-order chi connectivity index (χ0) is 15.5. The summed E-state index contributed by atoms with van der Waals surface area (Å²) in [6, 6.07) is 13.5. The highest BCUT2D eigenvalue weighted by atomic mass is 16.5. The number of hydrogen-bond acceptors (Lipinski definition) is 3. The Labute approximate surface area is 129 Å². The number of benzene rings is 2. The standard InChI is InChI=1S/C18H18N2O2/c1-3-22-18(21)17(20-11-13(2)19-12-20)16-10-6-8-14-7-4-5-9-15(14)16/h4-12,17H,3H2,1-2H3. The second-order valence-electron chi connectivity index (χ2n) is 5.19. The van der Waals surface area contributed by atoms with Gasteiger partial charge in [-0.05, 0) is 30.2 Å². The largest absolute Gasteiger partial charge is 0.464 e. The van der Waals surface area contributed by atoms with Crippen LogP contribution in [0.15, 0.2) is 55.0 Å². The highest BCUT2D eigenvalue weighted by molar-refractivity contribution is 5.91. The van der Waals surface area contributed by atoms with E-state index in [-0.39, 0.29) is 5.97 Å². The minimum absolute atomic E-state index is 0.267. The average Bonchev–Trinajstić information content (AvgIpc) is 2.94. The predicted octanol–water partition coefficient (Wildman–Crippen LogP) is 3.50. The molecule has 3 rings (SSSR count). The van der Waals surface area contributed by atoms with Crippen molar-refractivity contribution in [1.82, 2.24) is 9.55 Å². The summed E-state index contributed by atoms with van der Waals surface area (Å²) in [5.74, 6) is -0.267. The highest BCUT2D eigenvalue weighted by Crippen LogP contribution is 2.28. The first kappa shape index (κ1) is 14.3. The van der Waals surface area contributed by atoms with E-state index in [1.165, 1.54) is 0 Å². The molecule has 0 saturated heterocycles. The number of carbonyl (C=O) groups excluding carboxylic acids is 1. The van der Waals surface area contributed by atoms with E-state index in [1.807, 2.05) is 67.1 Å². The molecule has 4 nitrogen and oxygen atoms in total. The van der Waals surface area contributed by atoms with E-state index in [1.54, 1.807) is 6.33 Å². The molecule has 1 atom stereocenters. The van der Waals surface area contributed by atoms with Crippen LogP contribution in [0.25, 0.3) is 10.8 Å². The fourth-order valence-corrected chi connectivity index (χ4v) is 2.70. The second kappa shape index (κ2) is 6.02. The molecule has 0 bridgehead atoms. The van der Waals surface area contributed by atoms with Crippen LogP contribution < -0.4 is 0 Å². The van der Waals surface area contributed by atoms with Crippen LogP contribution in [0.4, 0.5) is 0 Å². The molecule has 1 unspecified atom stereocenters. The Balaban J connectivity index is 2.17. The van der Waals surface area contributed by atoms with E-state index in [0.717, 1.165) is 22.0 Å². The first-order chi connectivity index (χ1) is 10.7. The van der Waals surface area contributed by atoms with E-state index in [9.17, 15) is 4.79 Å². The van der Waals surface area contributed by atoms with Gasteiger partial charge in [0.15, 0.2) is 6.04 Å². The van der Waals surface area contributed by atoms with Crippen molar-refractivity contribution >= 4 is 16.7 Å². The molecular formula is C18H18N2O2. The van der Waals surface area contributed by atoms with Crippen LogP contribution in [-0.4, -0.2) is 22.1 Å². The summed E-state index contributed by atoms with van der Waals surface area (Å²) in [7, 11) is 0. The molecule has 3 aromatic rings. The Morgan fingerprint density at radius 2 is 2.00 bits per heavy atom. The number of aromatic nitrogens is 2. The molecular weight excluding hydrogens is 276 g/mol. The molecule has 0 spiro atoms. The van der Waals surface area contributed by atoms with Crippen LogP contribution in [0.2, 0.25) is 0 Å². The van der Waals surface area contributed by atoms with Gasteiger partial charge in [-0.1, -0.05) is 42.5 Å². The van der Waals surface area contributed by atoms with Crippen LogP contribution in [0, 0.1) is 6.92 Å². The van der Waals surface area contributed by atoms with Gasteiger partial charge in [0, 0.05) is 6.20 Å². The number of hydrogen-bond donors (Lipinski definition) is 0. The molecule has 0 fully saturated rings. The van der Waals surface area contributed by atoms with Crippen molar-refractivity contribution in [3.05, 3.63) is 66.2 Å². The van der Waals surface area contributed by atoms with E-state index < -0.39 is 6.04 Å². The molecule has 0 aliphatic carbocycles. The molecule has 1 heterocycles. The second-order valence-corrected chi connectivity index (χ2v) is 5.19. The van der Waals surface area contributed by atoms with Crippen molar-refractivity contribution in [3.8, 4) is 0 Å². The number of carbonyl (C=O) groups is 1. The lowest BCUT2D eigenvalue weighted by atomic mass is 9.98. The molecule has 22 heavy (non-hydrogen) atoms. The molecule has 0 amide bonds. The number of nitrogens with zero attached hydrogens (tertiary/aromatic N) is 2. The zero-order valence-corrected chi connectivity index (χ0v) is 12.7. The van der Waals surface area contributed by atoms with Crippen molar-refractivity contribution in [1.29, 1.82) is 0 Å². The number of aryl methyl sites for hydroxylation is 1. The molecule has 112 valence electrons. The van der Waals surface area contributed by atoms with Gasteiger partial charge in [-0.2, -0.15) is 0 Å². The Hall–Kier alpha value is -2.62. The molecule has 0 N–H and O–H groups in total. The Bertz CT molecular complexity index is 802. The van der Waals surface area contributed by atoms with Crippen LogP contribution in [0.1, 0.15) is 24.2 Å². The van der Waals surface area contributed by atoms with Crippen molar-refractivity contribution in [3.63, 3.8) is 0 Å². The topological polar surface area (TPSA) is 44.1 Å². The first-order valence-corrected chi connectivity index (χ1v) is 7.35. The van der Waals surface area contributed by atoms with Crippen molar-refractivity contribution in [2.75, 3.05) is 6.61 Å². The summed E-state index contributed by atoms with van der Waals surface area (Å²) >= 11 is 0. The van der Waals surface area contributed by atoms with Crippen molar-refractivity contribution in [2.45, 2.75) is 19.9 Å². The van der Waals surface area contributed by atoms with Gasteiger partial charge in [0.25, 0.3) is 0 Å². The van der Waals surface area contributed by atoms with Gasteiger partial charge >= 0.3 is 5.97 Å². The summed E-state index contributed by atoms with van der Waals surface area (Å²) in [4.78, 5) is 16.8. The Morgan fingerprint density at radius 3 is 2.73 bits per heavy atom. The van der Waals surface area contributed by atoms with Crippen LogP contribution >= 0.6 is 0 Å². The monoisotopic (exact) mass is 294 g/mol. The maximum atomic E-state index is 12.5. The van der Waals surface area contributed by atoms with Crippen LogP contribution in [-0.2, 0) is 9.53 Å². The molecule has 2 aromatic carbocycles. The van der Waals surface area contributed by atoms with Gasteiger partial charge in [-0.3, -0.25) is 0 Å². The highest BCUT2D eigenvalue weighted by Gasteiger charge is 2.25. The van der Waals surface area contributed by atoms with Gasteiger partial charge < -0.3 is 9.30 Å². The third kappa shape index (κ3) is 2.60. The van der Waals surface area contributed by atoms with Crippen LogP contribution in [0.5, 0.6) is 0 Å². The summed E-state index contributed by atoms with van der Waals surface area (Å²) in [5, 5.41) is 2.15.